The Kier molecular flexibility index (Phi) is 3.96. The molecule has 102 valence electrons. The highest BCUT2D eigenvalue weighted by molar-refractivity contribution is 7.11. The molecule has 2 rings (SSSR count). The summed E-state index contributed by atoms with van der Waals surface area (Å²) in [6.45, 7) is 3.05. The summed E-state index contributed by atoms with van der Waals surface area (Å²) in [5.41, 5.74) is 0.00811. The van der Waals surface area contributed by atoms with Gasteiger partial charge in [0.2, 0.25) is 0 Å². The minimum Gasteiger partial charge on any atom is -0.307 e. The summed E-state index contributed by atoms with van der Waals surface area (Å²) in [6, 6.07) is 0. The highest BCUT2D eigenvalue weighted by atomic mass is 32.1. The third-order valence-corrected chi connectivity index (χ3v) is 3.71. The van der Waals surface area contributed by atoms with Crippen molar-refractivity contribution in [2.45, 2.75) is 20.0 Å². The number of rotatable bonds is 4. The molecule has 0 radical (unpaired) electrons. The summed E-state index contributed by atoms with van der Waals surface area (Å²) >= 11 is 1.62. The fourth-order valence-corrected chi connectivity index (χ4v) is 2.58. The molecule has 0 aliphatic carbocycles. The Labute approximate surface area is 114 Å². The molecule has 19 heavy (non-hydrogen) atoms. The van der Waals surface area contributed by atoms with Crippen LogP contribution in [0, 0.1) is 6.92 Å². The Morgan fingerprint density at radius 2 is 2.05 bits per heavy atom. The maximum atomic E-state index is 11.9. The molecule has 2 aromatic heterocycles. The van der Waals surface area contributed by atoms with Crippen LogP contribution in [-0.4, -0.2) is 14.1 Å². The normalized spacial score (nSPS) is 10.9. The van der Waals surface area contributed by atoms with Gasteiger partial charge < -0.3 is 9.88 Å². The molecule has 0 spiro atoms. The van der Waals surface area contributed by atoms with Gasteiger partial charge in [0.15, 0.2) is 0 Å². The van der Waals surface area contributed by atoms with E-state index in [0.29, 0.717) is 18.7 Å². The number of thiazole rings is 1. The van der Waals surface area contributed by atoms with Crippen LogP contribution in [0.15, 0.2) is 22.0 Å². The lowest BCUT2D eigenvalue weighted by molar-refractivity contribution is 0.632. The van der Waals surface area contributed by atoms with E-state index in [4.69, 9.17) is 0 Å². The van der Waals surface area contributed by atoms with E-state index in [-0.39, 0.29) is 11.2 Å². The zero-order chi connectivity index (χ0) is 14.0. The summed E-state index contributed by atoms with van der Waals surface area (Å²) in [6.07, 6.45) is 3.40. The Morgan fingerprint density at radius 3 is 2.68 bits per heavy atom. The molecule has 2 aromatic rings. The van der Waals surface area contributed by atoms with Gasteiger partial charge in [-0.3, -0.25) is 9.36 Å². The highest BCUT2D eigenvalue weighted by Crippen LogP contribution is 2.10. The second-order valence-electron chi connectivity index (χ2n) is 4.36. The number of hydrogen-bond donors (Lipinski definition) is 1. The van der Waals surface area contributed by atoms with Gasteiger partial charge in [0, 0.05) is 50.0 Å². The molecule has 0 fully saturated rings. The molecule has 6 nitrogen and oxygen atoms in total. The Balaban J connectivity index is 2.08. The Morgan fingerprint density at radius 1 is 1.32 bits per heavy atom. The topological polar surface area (TPSA) is 68.9 Å². The molecule has 0 unspecified atom stereocenters. The maximum Gasteiger partial charge on any atom is 0.330 e. The van der Waals surface area contributed by atoms with E-state index in [2.05, 4.69) is 10.3 Å². The van der Waals surface area contributed by atoms with Crippen LogP contribution in [0.5, 0.6) is 0 Å². The average Bonchev–Trinajstić information content (AvgIpc) is 2.79. The first-order chi connectivity index (χ1) is 8.99. The monoisotopic (exact) mass is 280 g/mol. The second-order valence-corrected chi connectivity index (χ2v) is 5.68. The molecule has 0 bridgehead atoms. The van der Waals surface area contributed by atoms with E-state index in [9.17, 15) is 9.59 Å². The van der Waals surface area contributed by atoms with Gasteiger partial charge in [0.05, 0.1) is 5.01 Å². The quantitative estimate of drug-likeness (QED) is 0.865. The number of hydrogen-bond acceptors (Lipinski definition) is 5. The van der Waals surface area contributed by atoms with Crippen LogP contribution in [0.4, 0.5) is 0 Å². The SMILES string of the molecule is Cc1ncc(CNCc2cn(C)c(=O)n(C)c2=O)s1. The van der Waals surface area contributed by atoms with E-state index in [1.165, 1.54) is 11.6 Å². The van der Waals surface area contributed by atoms with E-state index in [1.807, 2.05) is 13.1 Å². The molecule has 0 amide bonds. The highest BCUT2D eigenvalue weighted by Gasteiger charge is 2.06. The lowest BCUT2D eigenvalue weighted by Crippen LogP contribution is -2.39. The fourth-order valence-electron chi connectivity index (χ4n) is 1.81. The molecular formula is C12H16N4O2S. The molecule has 0 aliphatic rings. The Hall–Kier alpha value is -1.73. The van der Waals surface area contributed by atoms with Crippen LogP contribution in [0.1, 0.15) is 15.4 Å². The van der Waals surface area contributed by atoms with Crippen LogP contribution in [0.2, 0.25) is 0 Å². The van der Waals surface area contributed by atoms with Crippen molar-refractivity contribution in [3.05, 3.63) is 48.7 Å². The standard InChI is InChI=1S/C12H16N4O2S/c1-8-14-6-10(19-8)5-13-4-9-7-15(2)12(18)16(3)11(9)17/h6-7,13H,4-5H2,1-3H3. The van der Waals surface area contributed by atoms with Crippen molar-refractivity contribution in [3.8, 4) is 0 Å². The summed E-state index contributed by atoms with van der Waals surface area (Å²) in [5.74, 6) is 0. The molecule has 0 aliphatic heterocycles. The first-order valence-corrected chi connectivity index (χ1v) is 6.68. The molecular weight excluding hydrogens is 264 g/mol. The number of aromatic nitrogens is 3. The van der Waals surface area contributed by atoms with Crippen LogP contribution < -0.4 is 16.6 Å². The summed E-state index contributed by atoms with van der Waals surface area (Å²) in [7, 11) is 3.12. The summed E-state index contributed by atoms with van der Waals surface area (Å²) in [5, 5.41) is 4.21. The average molecular weight is 280 g/mol. The van der Waals surface area contributed by atoms with E-state index >= 15 is 0 Å². The fraction of sp³-hybridized carbons (Fsp3) is 0.417. The zero-order valence-corrected chi connectivity index (χ0v) is 12.0. The molecule has 0 saturated carbocycles. The van der Waals surface area contributed by atoms with Gasteiger partial charge in [0.1, 0.15) is 0 Å². The van der Waals surface area contributed by atoms with Gasteiger partial charge in [-0.25, -0.2) is 9.78 Å². The van der Waals surface area contributed by atoms with E-state index in [1.54, 1.807) is 24.6 Å². The third kappa shape index (κ3) is 2.99. The van der Waals surface area contributed by atoms with Crippen molar-refractivity contribution in [2.75, 3.05) is 0 Å². The molecule has 0 aromatic carbocycles. The maximum absolute atomic E-state index is 11.9. The number of nitrogens with one attached hydrogen (secondary N) is 1. The zero-order valence-electron chi connectivity index (χ0n) is 11.1. The molecule has 0 atom stereocenters. The van der Waals surface area contributed by atoms with E-state index in [0.717, 1.165) is 14.5 Å². The number of nitrogens with zero attached hydrogens (tertiary/aromatic N) is 3. The lowest BCUT2D eigenvalue weighted by atomic mass is 10.3. The van der Waals surface area contributed by atoms with Crippen molar-refractivity contribution in [1.82, 2.24) is 19.4 Å². The second kappa shape index (κ2) is 5.50. The van der Waals surface area contributed by atoms with Crippen molar-refractivity contribution >= 4 is 11.3 Å². The minimum absolute atomic E-state index is 0.254. The third-order valence-electron chi connectivity index (χ3n) is 2.80. The number of aryl methyl sites for hydroxylation is 2. The van der Waals surface area contributed by atoms with Crippen molar-refractivity contribution < 1.29 is 0 Å². The summed E-state index contributed by atoms with van der Waals surface area (Å²) in [4.78, 5) is 28.7. The van der Waals surface area contributed by atoms with Gasteiger partial charge >= 0.3 is 5.69 Å². The molecule has 2 heterocycles. The minimum atomic E-state index is -0.313. The van der Waals surface area contributed by atoms with Crippen LogP contribution in [0.25, 0.3) is 0 Å². The van der Waals surface area contributed by atoms with Gasteiger partial charge in [-0.05, 0) is 6.92 Å². The van der Waals surface area contributed by atoms with Gasteiger partial charge in [-0.2, -0.15) is 0 Å². The molecule has 1 N–H and O–H groups in total. The smallest absolute Gasteiger partial charge is 0.307 e. The Bertz CT molecular complexity index is 698. The first kappa shape index (κ1) is 13.7. The van der Waals surface area contributed by atoms with Gasteiger partial charge in [-0.15, -0.1) is 11.3 Å². The summed E-state index contributed by atoms with van der Waals surface area (Å²) < 4.78 is 2.53. The van der Waals surface area contributed by atoms with Crippen molar-refractivity contribution in [1.29, 1.82) is 0 Å². The van der Waals surface area contributed by atoms with Crippen molar-refractivity contribution in [3.63, 3.8) is 0 Å². The van der Waals surface area contributed by atoms with Gasteiger partial charge in [-0.1, -0.05) is 0 Å². The van der Waals surface area contributed by atoms with Crippen LogP contribution in [-0.2, 0) is 27.2 Å². The predicted molar refractivity (Wildman–Crippen MR) is 74.3 cm³/mol. The van der Waals surface area contributed by atoms with Gasteiger partial charge in [0.25, 0.3) is 5.56 Å². The first-order valence-electron chi connectivity index (χ1n) is 5.86. The largest absolute Gasteiger partial charge is 0.330 e. The van der Waals surface area contributed by atoms with Crippen molar-refractivity contribution in [2.24, 2.45) is 14.1 Å². The molecule has 0 saturated heterocycles. The van der Waals surface area contributed by atoms with Crippen LogP contribution >= 0.6 is 11.3 Å². The lowest BCUT2D eigenvalue weighted by Gasteiger charge is -2.07. The molecule has 7 heteroatoms. The predicted octanol–water partition coefficient (Wildman–Crippen LogP) is 0.139. The van der Waals surface area contributed by atoms with Crippen LogP contribution in [0.3, 0.4) is 0 Å². The van der Waals surface area contributed by atoms with E-state index < -0.39 is 0 Å².